The van der Waals surface area contributed by atoms with Gasteiger partial charge in [-0.05, 0) is 47.1 Å². The van der Waals surface area contributed by atoms with E-state index in [4.69, 9.17) is 5.41 Å². The topological polar surface area (TPSA) is 36.2 Å². The molecule has 2 aliphatic heterocycles. The Labute approximate surface area is 172 Å². The fraction of sp³-hybridized carbons (Fsp3) is 0.300. The van der Waals surface area contributed by atoms with Crippen LogP contribution < -0.4 is 0 Å². The molecule has 0 fully saturated rings. The van der Waals surface area contributed by atoms with Crippen LogP contribution in [0.4, 0.5) is 0 Å². The van der Waals surface area contributed by atoms with Crippen molar-refractivity contribution in [2.75, 3.05) is 11.5 Å². The lowest BCUT2D eigenvalue weighted by atomic mass is 10.2. The molecule has 26 heavy (non-hydrogen) atoms. The summed E-state index contributed by atoms with van der Waals surface area (Å²) in [5.74, 6) is 1.96. The maximum atomic E-state index is 8.22. The number of nitrogens with zero attached hydrogens (tertiary/aromatic N) is 1. The molecule has 0 aromatic carbocycles. The predicted molar refractivity (Wildman–Crippen MR) is 125 cm³/mol. The fourth-order valence-electron chi connectivity index (χ4n) is 2.33. The van der Waals surface area contributed by atoms with Crippen molar-refractivity contribution < 1.29 is 0 Å². The van der Waals surface area contributed by atoms with E-state index in [9.17, 15) is 0 Å². The lowest BCUT2D eigenvalue weighted by molar-refractivity contribution is 1.09. The maximum absolute atomic E-state index is 8.22. The van der Waals surface area contributed by atoms with Crippen LogP contribution in [0, 0.1) is 5.41 Å². The maximum Gasteiger partial charge on any atom is 0.114 e. The molecular formula is C20H22N2S4. The summed E-state index contributed by atoms with van der Waals surface area (Å²) in [5.41, 5.74) is 2.74. The Morgan fingerprint density at radius 3 is 2.62 bits per heavy atom. The lowest BCUT2D eigenvalue weighted by Gasteiger charge is -2.14. The third-order valence-corrected chi connectivity index (χ3v) is 8.68. The number of hydrogen-bond acceptors (Lipinski definition) is 6. The minimum atomic E-state index is 0.607. The Kier molecular flexibility index (Phi) is 7.09. The highest BCUT2D eigenvalue weighted by Crippen LogP contribution is 2.37. The second-order valence-electron chi connectivity index (χ2n) is 5.86. The van der Waals surface area contributed by atoms with Gasteiger partial charge in [-0.15, -0.1) is 34.9 Å². The lowest BCUT2D eigenvalue weighted by Crippen LogP contribution is -2.00. The zero-order valence-corrected chi connectivity index (χ0v) is 18.3. The highest BCUT2D eigenvalue weighted by Gasteiger charge is 2.17. The summed E-state index contributed by atoms with van der Waals surface area (Å²) in [7, 11) is 0. The van der Waals surface area contributed by atoms with Gasteiger partial charge in [0.1, 0.15) is 10.1 Å². The van der Waals surface area contributed by atoms with Crippen LogP contribution in [0.2, 0.25) is 0 Å². The van der Waals surface area contributed by atoms with Crippen LogP contribution in [-0.2, 0) is 0 Å². The number of thiophene rings is 1. The largest absolute Gasteiger partial charge is 0.293 e. The zero-order chi connectivity index (χ0) is 18.5. The van der Waals surface area contributed by atoms with Crippen LogP contribution >= 0.6 is 46.6 Å². The molecule has 136 valence electrons. The molecule has 1 N–H and O–H groups in total. The highest BCUT2D eigenvalue weighted by atomic mass is 32.2. The van der Waals surface area contributed by atoms with Crippen molar-refractivity contribution in [3.05, 3.63) is 62.2 Å². The fourth-order valence-corrected chi connectivity index (χ4v) is 6.34. The van der Waals surface area contributed by atoms with E-state index in [0.29, 0.717) is 5.04 Å². The average Bonchev–Trinajstić information content (AvgIpc) is 3.18. The van der Waals surface area contributed by atoms with Gasteiger partial charge in [0.2, 0.25) is 0 Å². The van der Waals surface area contributed by atoms with E-state index < -0.39 is 0 Å². The number of allylic oxidation sites excluding steroid dienone is 3. The standard InChI is InChI=1S/C20H22N2S4/c1-4-13(3)25-19(21)17-7-6-15(12-23-17)16-8-9-18(26-16)20-22-10-14(5-2)11-24-20/h6-10,21H,3-5,11-12H2,1-2H3. The predicted octanol–water partition coefficient (Wildman–Crippen LogP) is 7.18. The van der Waals surface area contributed by atoms with Gasteiger partial charge < -0.3 is 0 Å². The molecule has 1 aromatic rings. The first-order valence-corrected chi connectivity index (χ1v) is 12.2. The third kappa shape index (κ3) is 4.85. The molecule has 3 rings (SSSR count). The van der Waals surface area contributed by atoms with Crippen molar-refractivity contribution in [2.45, 2.75) is 26.7 Å². The smallest absolute Gasteiger partial charge is 0.114 e. The van der Waals surface area contributed by atoms with Gasteiger partial charge in [0, 0.05) is 27.5 Å². The van der Waals surface area contributed by atoms with Gasteiger partial charge in [0.05, 0.1) is 4.88 Å². The summed E-state index contributed by atoms with van der Waals surface area (Å²) in [4.78, 5) is 9.26. The van der Waals surface area contributed by atoms with E-state index in [2.05, 4.69) is 49.7 Å². The summed E-state index contributed by atoms with van der Waals surface area (Å²) in [6, 6.07) is 4.39. The third-order valence-electron chi connectivity index (χ3n) is 4.03. The van der Waals surface area contributed by atoms with Crippen molar-refractivity contribution in [3.8, 4) is 0 Å². The molecule has 0 spiro atoms. The molecule has 0 saturated heterocycles. The second kappa shape index (κ2) is 9.31. The molecule has 0 radical (unpaired) electrons. The zero-order valence-electron chi connectivity index (χ0n) is 15.0. The molecule has 0 aliphatic carbocycles. The van der Waals surface area contributed by atoms with Gasteiger partial charge in [0.15, 0.2) is 0 Å². The SMILES string of the molecule is C=C(CC)SC(=N)C1=CC=C(c2ccc(C3=NC=C(CC)CS3)s2)CS1. The van der Waals surface area contributed by atoms with Crippen LogP contribution in [0.25, 0.3) is 5.57 Å². The molecule has 3 heterocycles. The summed E-state index contributed by atoms with van der Waals surface area (Å²) in [5, 5.41) is 9.96. The van der Waals surface area contributed by atoms with Crippen LogP contribution in [0.3, 0.4) is 0 Å². The van der Waals surface area contributed by atoms with Crippen LogP contribution in [0.1, 0.15) is 36.4 Å². The minimum absolute atomic E-state index is 0.607. The van der Waals surface area contributed by atoms with Crippen LogP contribution in [-0.4, -0.2) is 21.6 Å². The summed E-state index contributed by atoms with van der Waals surface area (Å²) < 4.78 is 0. The number of thioether (sulfide) groups is 3. The van der Waals surface area contributed by atoms with Crippen molar-refractivity contribution >= 4 is 62.3 Å². The molecule has 2 aliphatic rings. The van der Waals surface area contributed by atoms with Crippen molar-refractivity contribution in [3.63, 3.8) is 0 Å². The number of nitrogens with one attached hydrogen (secondary N) is 1. The van der Waals surface area contributed by atoms with Gasteiger partial charge in [-0.25, -0.2) is 4.99 Å². The first-order chi connectivity index (χ1) is 12.6. The number of hydrogen-bond donors (Lipinski definition) is 1. The van der Waals surface area contributed by atoms with Gasteiger partial charge in [-0.3, -0.25) is 5.41 Å². The molecule has 0 atom stereocenters. The molecule has 0 saturated carbocycles. The van der Waals surface area contributed by atoms with E-state index in [1.54, 1.807) is 11.8 Å². The molecule has 0 amide bonds. The van der Waals surface area contributed by atoms with E-state index >= 15 is 0 Å². The van der Waals surface area contributed by atoms with E-state index in [1.165, 1.54) is 32.7 Å². The number of aliphatic imine (C=N–C) groups is 1. The monoisotopic (exact) mass is 418 g/mol. The Morgan fingerprint density at radius 1 is 1.19 bits per heavy atom. The molecule has 2 nitrogen and oxygen atoms in total. The average molecular weight is 419 g/mol. The first-order valence-electron chi connectivity index (χ1n) is 8.58. The van der Waals surface area contributed by atoms with Crippen molar-refractivity contribution in [1.82, 2.24) is 0 Å². The second-order valence-corrected chi connectivity index (χ2v) is 10.1. The Morgan fingerprint density at radius 2 is 2.00 bits per heavy atom. The Bertz CT molecular complexity index is 840. The van der Waals surface area contributed by atoms with Gasteiger partial charge in [0.25, 0.3) is 0 Å². The van der Waals surface area contributed by atoms with Crippen LogP contribution in [0.5, 0.6) is 0 Å². The molecule has 0 bridgehead atoms. The van der Waals surface area contributed by atoms with Gasteiger partial charge >= 0.3 is 0 Å². The first kappa shape index (κ1) is 19.8. The molecule has 1 aromatic heterocycles. The summed E-state index contributed by atoms with van der Waals surface area (Å²) in [6.07, 6.45) is 8.25. The highest BCUT2D eigenvalue weighted by molar-refractivity contribution is 8.20. The van der Waals surface area contributed by atoms with Crippen molar-refractivity contribution in [2.24, 2.45) is 4.99 Å². The summed E-state index contributed by atoms with van der Waals surface area (Å²) >= 11 is 6.87. The Hall–Kier alpha value is -0.950. The molecular weight excluding hydrogens is 397 g/mol. The van der Waals surface area contributed by atoms with Crippen LogP contribution in [0.15, 0.2) is 57.4 Å². The van der Waals surface area contributed by atoms with Gasteiger partial charge in [-0.2, -0.15) is 0 Å². The van der Waals surface area contributed by atoms with Crippen molar-refractivity contribution in [1.29, 1.82) is 5.41 Å². The minimum Gasteiger partial charge on any atom is -0.293 e. The summed E-state index contributed by atoms with van der Waals surface area (Å²) in [6.45, 7) is 8.24. The van der Waals surface area contributed by atoms with E-state index in [0.717, 1.165) is 39.2 Å². The Balaban J connectivity index is 1.71. The van der Waals surface area contributed by atoms with E-state index in [-0.39, 0.29) is 0 Å². The molecule has 6 heteroatoms. The van der Waals surface area contributed by atoms with Gasteiger partial charge in [-0.1, -0.05) is 38.3 Å². The van der Waals surface area contributed by atoms with E-state index in [1.807, 2.05) is 29.3 Å². The molecule has 0 unspecified atom stereocenters. The normalized spacial score (nSPS) is 17.2. The number of rotatable bonds is 6. The quantitative estimate of drug-likeness (QED) is 0.392.